The van der Waals surface area contributed by atoms with Gasteiger partial charge in [-0.3, -0.25) is 13.4 Å². The Morgan fingerprint density at radius 2 is 1.62 bits per heavy atom. The molecule has 3 unspecified atom stereocenters. The second-order valence-corrected chi connectivity index (χ2v) is 7.41. The smallest absolute Gasteiger partial charge is 0.278 e. The van der Waals surface area contributed by atoms with Crippen molar-refractivity contribution in [3.05, 3.63) is 0 Å². The Bertz CT molecular complexity index is 369. The molecule has 0 aromatic rings. The maximum atomic E-state index is 11.2. The van der Waals surface area contributed by atoms with Gasteiger partial charge in [0.1, 0.15) is 0 Å². The summed E-state index contributed by atoms with van der Waals surface area (Å²) in [4.78, 5) is 40.3. The normalized spacial score (nSPS) is 23.4. The van der Waals surface area contributed by atoms with E-state index in [1.807, 2.05) is 0 Å². The SMILES string of the molecule is C=P([O-])(OC(C)C)OP(=O)([O-])OP(=O)([O-])O. The van der Waals surface area contributed by atoms with Crippen LogP contribution in [0.3, 0.4) is 0 Å². The van der Waals surface area contributed by atoms with Gasteiger partial charge in [-0.1, -0.05) is 6.30 Å². The number of rotatable bonds is 6. The zero-order chi connectivity index (χ0) is 13.2. The predicted molar refractivity (Wildman–Crippen MR) is 49.9 cm³/mol. The first-order chi connectivity index (χ1) is 6.83. The summed E-state index contributed by atoms with van der Waals surface area (Å²) in [7, 11) is -15.4. The molecule has 9 nitrogen and oxygen atoms in total. The molecule has 0 radical (unpaired) electrons. The van der Waals surface area contributed by atoms with Crippen LogP contribution >= 0.6 is 23.2 Å². The standard InChI is InChI=1S/C4H12O9P3/c1-4(2)11-14(3,5)12-16(9,10)13-15(6,7)8/h4H,3H2,1-2H3,(H3-,5,6,7,8,9,10)/q-1/p-2. The average Bonchev–Trinajstić information content (AvgIpc) is 1.69. The molecule has 0 aromatic carbocycles. The van der Waals surface area contributed by atoms with Crippen LogP contribution in [-0.2, 0) is 22.3 Å². The van der Waals surface area contributed by atoms with Crippen molar-refractivity contribution in [1.29, 1.82) is 0 Å². The number of hydrogen-bond donors (Lipinski definition) is 1. The molecule has 0 bridgehead atoms. The molecule has 0 aliphatic carbocycles. The molecule has 0 saturated carbocycles. The highest BCUT2D eigenvalue weighted by atomic mass is 31.3. The van der Waals surface area contributed by atoms with Gasteiger partial charge in [0.2, 0.25) is 0 Å². The first-order valence-corrected chi connectivity index (χ1v) is 8.42. The second-order valence-electron chi connectivity index (χ2n) is 2.84. The Morgan fingerprint density at radius 3 is 1.94 bits per heavy atom. The summed E-state index contributed by atoms with van der Waals surface area (Å²) in [6.45, 7) is 2.84. The molecule has 0 rings (SSSR count). The summed E-state index contributed by atoms with van der Waals surface area (Å²) in [6, 6.07) is 0. The van der Waals surface area contributed by atoms with E-state index in [2.05, 4.69) is 19.4 Å². The van der Waals surface area contributed by atoms with Crippen molar-refractivity contribution >= 4 is 29.5 Å². The molecule has 0 spiro atoms. The highest BCUT2D eigenvalue weighted by Crippen LogP contribution is 2.61. The van der Waals surface area contributed by atoms with Crippen LogP contribution in [0.25, 0.3) is 0 Å². The van der Waals surface area contributed by atoms with E-state index in [1.165, 1.54) is 13.8 Å². The van der Waals surface area contributed by atoms with Gasteiger partial charge in [0.15, 0.2) is 0 Å². The lowest BCUT2D eigenvalue weighted by Gasteiger charge is -2.37. The number of hydrogen-bond acceptors (Lipinski definition) is 8. The monoisotopic (exact) mass is 295 g/mol. The van der Waals surface area contributed by atoms with Crippen molar-refractivity contribution in [2.24, 2.45) is 0 Å². The van der Waals surface area contributed by atoms with Crippen molar-refractivity contribution in [2.75, 3.05) is 0 Å². The van der Waals surface area contributed by atoms with E-state index >= 15 is 0 Å². The first-order valence-electron chi connectivity index (χ1n) is 3.73. The lowest BCUT2D eigenvalue weighted by molar-refractivity contribution is -0.244. The van der Waals surface area contributed by atoms with Gasteiger partial charge in [0.05, 0.1) is 13.7 Å². The lowest BCUT2D eigenvalue weighted by Crippen LogP contribution is -2.17. The Labute approximate surface area is 92.1 Å². The van der Waals surface area contributed by atoms with Crippen LogP contribution in [0.15, 0.2) is 0 Å². The van der Waals surface area contributed by atoms with E-state index in [9.17, 15) is 23.8 Å². The molecule has 0 fully saturated rings. The molecule has 98 valence electrons. The molecule has 0 aromatic heterocycles. The lowest BCUT2D eigenvalue weighted by atomic mass is 10.5. The van der Waals surface area contributed by atoms with Crippen molar-refractivity contribution < 1.29 is 41.8 Å². The van der Waals surface area contributed by atoms with Gasteiger partial charge < -0.3 is 24.1 Å². The van der Waals surface area contributed by atoms with Gasteiger partial charge in [-0.25, -0.2) is 4.31 Å². The molecule has 0 saturated heterocycles. The molecule has 0 aliphatic heterocycles. The van der Waals surface area contributed by atoms with Crippen molar-refractivity contribution in [2.45, 2.75) is 20.0 Å². The van der Waals surface area contributed by atoms with Crippen LogP contribution in [0.2, 0.25) is 0 Å². The second kappa shape index (κ2) is 5.42. The van der Waals surface area contributed by atoms with Crippen LogP contribution in [0.5, 0.6) is 0 Å². The summed E-state index contributed by atoms with van der Waals surface area (Å²) < 4.78 is 32.4. The quantitative estimate of drug-likeness (QED) is 0.603. The van der Waals surface area contributed by atoms with Crippen LogP contribution in [0.4, 0.5) is 0 Å². The highest BCUT2D eigenvalue weighted by Gasteiger charge is 2.20. The van der Waals surface area contributed by atoms with E-state index in [0.717, 1.165) is 0 Å². The van der Waals surface area contributed by atoms with E-state index in [0.29, 0.717) is 0 Å². The van der Waals surface area contributed by atoms with Crippen molar-refractivity contribution in [3.8, 4) is 0 Å². The topological polar surface area (TPSA) is 151 Å². The number of phosphoric acid groups is 2. The van der Waals surface area contributed by atoms with Crippen LogP contribution in [0, 0.1) is 0 Å². The Morgan fingerprint density at radius 1 is 1.19 bits per heavy atom. The molecule has 3 atom stereocenters. The zero-order valence-corrected chi connectivity index (χ0v) is 11.0. The molecule has 12 heteroatoms. The maximum Gasteiger partial charge on any atom is 0.278 e. The Kier molecular flexibility index (Phi) is 5.58. The third-order valence-corrected chi connectivity index (χ3v) is 4.96. The van der Waals surface area contributed by atoms with Crippen LogP contribution < -0.4 is 14.7 Å². The van der Waals surface area contributed by atoms with Crippen molar-refractivity contribution in [1.82, 2.24) is 0 Å². The van der Waals surface area contributed by atoms with Crippen molar-refractivity contribution in [3.63, 3.8) is 0 Å². The van der Waals surface area contributed by atoms with Crippen LogP contribution in [-0.4, -0.2) is 17.3 Å². The van der Waals surface area contributed by atoms with E-state index in [4.69, 9.17) is 4.89 Å². The van der Waals surface area contributed by atoms with Gasteiger partial charge >= 0.3 is 0 Å². The summed E-state index contributed by atoms with van der Waals surface area (Å²) >= 11 is 0. The molecule has 0 heterocycles. The zero-order valence-electron chi connectivity index (χ0n) is 8.34. The minimum atomic E-state index is -5.56. The fraction of sp³-hybridized carbons (Fsp3) is 0.750. The fourth-order valence-electron chi connectivity index (χ4n) is 0.634. The van der Waals surface area contributed by atoms with Gasteiger partial charge in [-0.05, 0) is 13.8 Å². The predicted octanol–water partition coefficient (Wildman–Crippen LogP) is -1.07. The minimum absolute atomic E-state index is 0.670. The molecule has 16 heavy (non-hydrogen) atoms. The third-order valence-electron chi connectivity index (χ3n) is 0.799. The van der Waals surface area contributed by atoms with Gasteiger partial charge in [0, 0.05) is 0 Å². The van der Waals surface area contributed by atoms with Gasteiger partial charge in [0.25, 0.3) is 15.6 Å². The molecule has 0 aliphatic rings. The highest BCUT2D eigenvalue weighted by molar-refractivity contribution is 7.69. The molecule has 0 amide bonds. The first kappa shape index (κ1) is 16.5. The summed E-state index contributed by atoms with van der Waals surface area (Å²) in [5, 5.41) is 0. The van der Waals surface area contributed by atoms with E-state index in [-0.39, 0.29) is 0 Å². The molecule has 1 N–H and O–H groups in total. The third kappa shape index (κ3) is 8.61. The largest absolute Gasteiger partial charge is 0.788 e. The van der Waals surface area contributed by atoms with E-state index < -0.39 is 29.3 Å². The van der Waals surface area contributed by atoms with E-state index in [1.54, 1.807) is 0 Å². The Hall–Kier alpha value is 0.480. The van der Waals surface area contributed by atoms with Gasteiger partial charge in [-0.15, -0.1) is 0 Å². The van der Waals surface area contributed by atoms with Crippen LogP contribution in [0.1, 0.15) is 13.8 Å². The minimum Gasteiger partial charge on any atom is -0.788 e. The van der Waals surface area contributed by atoms with Gasteiger partial charge in [-0.2, -0.15) is 0 Å². The summed E-state index contributed by atoms with van der Waals surface area (Å²) in [6.07, 6.45) is 2.14. The average molecular weight is 295 g/mol. The summed E-state index contributed by atoms with van der Waals surface area (Å²) in [5.74, 6) is 0. The maximum absolute atomic E-state index is 11.2. The fourth-order valence-corrected chi connectivity index (χ4v) is 4.05. The molecular formula is C4H10O9P3-3. The molecular weight excluding hydrogens is 285 g/mol. The Balaban J connectivity index is 4.65. The summed E-state index contributed by atoms with van der Waals surface area (Å²) in [5.41, 5.74) is 0.